The lowest BCUT2D eigenvalue weighted by atomic mass is 10.2. The Hall–Kier alpha value is -2.71. The van der Waals surface area contributed by atoms with Crippen molar-refractivity contribution in [2.75, 3.05) is 29.6 Å². The van der Waals surface area contributed by atoms with E-state index < -0.39 is 22.0 Å². The minimum atomic E-state index is -3.83. The van der Waals surface area contributed by atoms with Gasteiger partial charge in [-0.25, -0.2) is 8.42 Å². The van der Waals surface area contributed by atoms with Crippen LogP contribution in [0.2, 0.25) is 5.02 Å². The summed E-state index contributed by atoms with van der Waals surface area (Å²) in [5, 5.41) is 3.02. The fourth-order valence-electron chi connectivity index (χ4n) is 2.68. The fourth-order valence-corrected chi connectivity index (χ4v) is 4.02. The number of nitrogens with one attached hydrogen (secondary N) is 1. The summed E-state index contributed by atoms with van der Waals surface area (Å²) in [6.45, 7) is 5.39. The molecule has 0 heterocycles. The van der Waals surface area contributed by atoms with E-state index in [9.17, 15) is 13.2 Å². The average molecular weight is 439 g/mol. The van der Waals surface area contributed by atoms with Crippen molar-refractivity contribution in [3.8, 4) is 11.5 Å². The van der Waals surface area contributed by atoms with Crippen LogP contribution in [-0.4, -0.2) is 40.3 Å². The van der Waals surface area contributed by atoms with Crippen molar-refractivity contribution in [3.63, 3.8) is 0 Å². The smallest absolute Gasteiger partial charge is 0.247 e. The van der Waals surface area contributed by atoms with Gasteiger partial charge in [0, 0.05) is 16.8 Å². The predicted molar refractivity (Wildman–Crippen MR) is 116 cm³/mol. The lowest BCUT2D eigenvalue weighted by Gasteiger charge is -2.29. The first-order valence-corrected chi connectivity index (χ1v) is 10.9. The summed E-state index contributed by atoms with van der Waals surface area (Å²) in [4.78, 5) is 12.8. The van der Waals surface area contributed by atoms with Crippen molar-refractivity contribution in [3.05, 3.63) is 60.1 Å². The van der Waals surface area contributed by atoms with Crippen LogP contribution in [0.25, 0.3) is 0 Å². The van der Waals surface area contributed by atoms with Crippen LogP contribution in [0.4, 0.5) is 11.4 Å². The molecule has 7 nitrogen and oxygen atoms in total. The highest BCUT2D eigenvalue weighted by molar-refractivity contribution is 7.92. The fraction of sp³-hybridized carbons (Fsp3) is 0.250. The maximum atomic E-state index is 12.8. The third kappa shape index (κ3) is 5.88. The van der Waals surface area contributed by atoms with E-state index in [1.54, 1.807) is 42.5 Å². The molecule has 2 aromatic rings. The average Bonchev–Trinajstić information content (AvgIpc) is 2.66. The molecule has 0 spiro atoms. The number of ether oxygens (including phenoxy) is 2. The Bertz CT molecular complexity index is 994. The van der Waals surface area contributed by atoms with Crippen LogP contribution in [0.15, 0.2) is 55.1 Å². The zero-order chi connectivity index (χ0) is 21.6. The van der Waals surface area contributed by atoms with Gasteiger partial charge in [0.1, 0.15) is 24.1 Å². The van der Waals surface area contributed by atoms with Gasteiger partial charge in [-0.3, -0.25) is 9.10 Å². The summed E-state index contributed by atoms with van der Waals surface area (Å²) in [5.74, 6) is 0.296. The van der Waals surface area contributed by atoms with Gasteiger partial charge in [-0.1, -0.05) is 30.3 Å². The van der Waals surface area contributed by atoms with E-state index >= 15 is 0 Å². The molecule has 9 heteroatoms. The molecule has 0 unspecified atom stereocenters. The second kappa shape index (κ2) is 9.67. The van der Waals surface area contributed by atoms with Crippen LogP contribution < -0.4 is 19.1 Å². The van der Waals surface area contributed by atoms with Crippen molar-refractivity contribution in [1.29, 1.82) is 0 Å². The van der Waals surface area contributed by atoms with Crippen LogP contribution in [0.3, 0.4) is 0 Å². The SMILES string of the molecule is C=CCOc1cccc(NC(=O)[C@H](C)N(c2cc(Cl)ccc2OC)S(C)(=O)=O)c1. The van der Waals surface area contributed by atoms with E-state index in [0.717, 1.165) is 10.6 Å². The summed E-state index contributed by atoms with van der Waals surface area (Å²) in [6.07, 6.45) is 2.62. The molecule has 0 aromatic heterocycles. The lowest BCUT2D eigenvalue weighted by molar-refractivity contribution is -0.116. The highest BCUT2D eigenvalue weighted by atomic mass is 35.5. The Morgan fingerprint density at radius 2 is 2.03 bits per heavy atom. The number of carbonyl (C=O) groups excluding carboxylic acids is 1. The molecule has 0 aliphatic rings. The highest BCUT2D eigenvalue weighted by Gasteiger charge is 2.31. The molecule has 1 amide bonds. The van der Waals surface area contributed by atoms with Crippen molar-refractivity contribution in [1.82, 2.24) is 0 Å². The van der Waals surface area contributed by atoms with Crippen LogP contribution in [-0.2, 0) is 14.8 Å². The number of rotatable bonds is 9. The Balaban J connectivity index is 2.33. The number of sulfonamides is 1. The quantitative estimate of drug-likeness (QED) is 0.603. The maximum Gasteiger partial charge on any atom is 0.247 e. The van der Waals surface area contributed by atoms with Gasteiger partial charge in [-0.2, -0.15) is 0 Å². The first kappa shape index (κ1) is 22.6. The molecule has 0 aliphatic heterocycles. The Kier molecular flexibility index (Phi) is 7.53. The number of amides is 1. The number of nitrogens with zero attached hydrogens (tertiary/aromatic N) is 1. The topological polar surface area (TPSA) is 84.9 Å². The first-order chi connectivity index (χ1) is 13.7. The molecular weight excluding hydrogens is 416 g/mol. The molecule has 1 atom stereocenters. The molecule has 29 heavy (non-hydrogen) atoms. The minimum absolute atomic E-state index is 0.174. The van der Waals surface area contributed by atoms with Gasteiger partial charge in [0.05, 0.1) is 19.1 Å². The summed E-state index contributed by atoms with van der Waals surface area (Å²) >= 11 is 6.04. The third-order valence-corrected chi connectivity index (χ3v) is 5.40. The molecule has 0 fully saturated rings. The molecule has 0 radical (unpaired) electrons. The molecule has 0 bridgehead atoms. The highest BCUT2D eigenvalue weighted by Crippen LogP contribution is 2.34. The molecule has 0 saturated carbocycles. The minimum Gasteiger partial charge on any atom is -0.495 e. The Morgan fingerprint density at radius 1 is 1.31 bits per heavy atom. The number of hydrogen-bond donors (Lipinski definition) is 1. The number of anilines is 2. The number of carbonyl (C=O) groups is 1. The second-order valence-electron chi connectivity index (χ2n) is 6.17. The van der Waals surface area contributed by atoms with Gasteiger partial charge in [0.15, 0.2) is 0 Å². The Labute approximate surface area is 175 Å². The van der Waals surface area contributed by atoms with E-state index in [1.165, 1.54) is 20.1 Å². The van der Waals surface area contributed by atoms with Gasteiger partial charge in [0.2, 0.25) is 15.9 Å². The summed E-state index contributed by atoms with van der Waals surface area (Å²) < 4.78 is 36.7. The molecule has 2 aromatic carbocycles. The van der Waals surface area contributed by atoms with E-state index in [0.29, 0.717) is 23.1 Å². The molecule has 1 N–H and O–H groups in total. The number of methoxy groups -OCH3 is 1. The molecule has 0 saturated heterocycles. The van der Waals surface area contributed by atoms with E-state index in [1.807, 2.05) is 0 Å². The van der Waals surface area contributed by atoms with E-state index in [4.69, 9.17) is 21.1 Å². The molecule has 0 aliphatic carbocycles. The van der Waals surface area contributed by atoms with Gasteiger partial charge in [-0.15, -0.1) is 0 Å². The van der Waals surface area contributed by atoms with Gasteiger partial charge in [0.25, 0.3) is 0 Å². The van der Waals surface area contributed by atoms with E-state index in [-0.39, 0.29) is 11.4 Å². The lowest BCUT2D eigenvalue weighted by Crippen LogP contribution is -2.45. The van der Waals surface area contributed by atoms with Gasteiger partial charge in [-0.05, 0) is 37.3 Å². The maximum absolute atomic E-state index is 12.8. The largest absolute Gasteiger partial charge is 0.495 e. The molecular formula is C20H23ClN2O5S. The van der Waals surface area contributed by atoms with Crippen molar-refractivity contribution in [2.24, 2.45) is 0 Å². The molecule has 2 rings (SSSR count). The number of halogens is 1. The normalized spacial score (nSPS) is 12.0. The monoisotopic (exact) mass is 438 g/mol. The zero-order valence-electron chi connectivity index (χ0n) is 16.4. The summed E-state index contributed by atoms with van der Waals surface area (Å²) in [7, 11) is -2.42. The number of hydrogen-bond acceptors (Lipinski definition) is 5. The molecule has 156 valence electrons. The first-order valence-electron chi connectivity index (χ1n) is 8.65. The van der Waals surface area contributed by atoms with Crippen LogP contribution in [0.5, 0.6) is 11.5 Å². The third-order valence-electron chi connectivity index (χ3n) is 3.94. The number of benzene rings is 2. The predicted octanol–water partition coefficient (Wildman–Crippen LogP) is 3.71. The standard InChI is InChI=1S/C20H23ClN2O5S/c1-5-11-28-17-8-6-7-16(13-17)22-20(24)14(2)23(29(4,25)26)18-12-15(21)9-10-19(18)27-3/h5-10,12-14H,1,11H2,2-4H3,(H,22,24)/t14-/m0/s1. The second-order valence-corrected chi connectivity index (χ2v) is 8.46. The van der Waals surface area contributed by atoms with Crippen LogP contribution in [0, 0.1) is 0 Å². The summed E-state index contributed by atoms with van der Waals surface area (Å²) in [5.41, 5.74) is 0.642. The van der Waals surface area contributed by atoms with Crippen LogP contribution >= 0.6 is 11.6 Å². The van der Waals surface area contributed by atoms with Gasteiger partial charge < -0.3 is 14.8 Å². The van der Waals surface area contributed by atoms with Crippen molar-refractivity contribution >= 4 is 38.9 Å². The van der Waals surface area contributed by atoms with Crippen molar-refractivity contribution in [2.45, 2.75) is 13.0 Å². The zero-order valence-corrected chi connectivity index (χ0v) is 18.0. The van der Waals surface area contributed by atoms with Crippen molar-refractivity contribution < 1.29 is 22.7 Å². The Morgan fingerprint density at radius 3 is 2.66 bits per heavy atom. The van der Waals surface area contributed by atoms with E-state index in [2.05, 4.69) is 11.9 Å². The van der Waals surface area contributed by atoms with Gasteiger partial charge >= 0.3 is 0 Å². The van der Waals surface area contributed by atoms with Crippen LogP contribution in [0.1, 0.15) is 6.92 Å². The summed E-state index contributed by atoms with van der Waals surface area (Å²) in [6, 6.07) is 10.2.